The zero-order valence-corrected chi connectivity index (χ0v) is 9.17. The Kier molecular flexibility index (Phi) is 6.59. The summed E-state index contributed by atoms with van der Waals surface area (Å²) in [6, 6.07) is 0. The third-order valence-electron chi connectivity index (χ3n) is 2.03. The van der Waals surface area contributed by atoms with Gasteiger partial charge in [-0.1, -0.05) is 19.8 Å². The summed E-state index contributed by atoms with van der Waals surface area (Å²) in [5.41, 5.74) is 0. The molecule has 1 atom stereocenters. The average Bonchev–Trinajstić information content (AvgIpc) is 2.10. The van der Waals surface area contributed by atoms with Gasteiger partial charge in [-0.2, -0.15) is 0 Å². The zero-order valence-electron chi connectivity index (χ0n) is 9.17. The van der Waals surface area contributed by atoms with Crippen LogP contribution in [0.15, 0.2) is 0 Å². The Morgan fingerprint density at radius 2 is 2.08 bits per heavy atom. The molecular weight excluding hydrogens is 166 g/mol. The van der Waals surface area contributed by atoms with Crippen molar-refractivity contribution in [2.24, 2.45) is 5.92 Å². The number of nitrogens with zero attached hydrogens (tertiary/aromatic N) is 1. The Labute approximate surface area is 81.1 Å². The molecule has 0 saturated heterocycles. The van der Waals surface area contributed by atoms with E-state index >= 15 is 0 Å². The maximum absolute atomic E-state index is 11.3. The van der Waals surface area contributed by atoms with Gasteiger partial charge in [-0.15, -0.1) is 0 Å². The van der Waals surface area contributed by atoms with Crippen LogP contribution < -0.4 is 0 Å². The molecule has 13 heavy (non-hydrogen) atoms. The lowest BCUT2D eigenvalue weighted by Gasteiger charge is -2.18. The van der Waals surface area contributed by atoms with E-state index in [0.717, 1.165) is 25.8 Å². The van der Waals surface area contributed by atoms with Crippen LogP contribution in [0.2, 0.25) is 0 Å². The van der Waals surface area contributed by atoms with E-state index in [2.05, 4.69) is 6.92 Å². The summed E-state index contributed by atoms with van der Waals surface area (Å²) >= 11 is 0. The van der Waals surface area contributed by atoms with E-state index in [1.807, 2.05) is 19.0 Å². The summed E-state index contributed by atoms with van der Waals surface area (Å²) in [7, 11) is 5.40. The summed E-state index contributed by atoms with van der Waals surface area (Å²) in [5, 5.41) is 0. The Morgan fingerprint density at radius 1 is 1.46 bits per heavy atom. The summed E-state index contributed by atoms with van der Waals surface area (Å²) in [6.45, 7) is 2.91. The molecule has 0 fully saturated rings. The highest BCUT2D eigenvalue weighted by molar-refractivity contribution is 5.72. The van der Waals surface area contributed by atoms with Gasteiger partial charge < -0.3 is 9.64 Å². The van der Waals surface area contributed by atoms with Crippen molar-refractivity contribution in [3.63, 3.8) is 0 Å². The number of hydrogen-bond donors (Lipinski definition) is 0. The SMILES string of the molecule is CCCCC(CN(C)C)C(=O)OC. The molecule has 0 rings (SSSR count). The second-order valence-corrected chi connectivity index (χ2v) is 3.62. The number of hydrogen-bond acceptors (Lipinski definition) is 3. The Morgan fingerprint density at radius 3 is 2.46 bits per heavy atom. The monoisotopic (exact) mass is 187 g/mol. The van der Waals surface area contributed by atoms with Gasteiger partial charge in [-0.3, -0.25) is 4.79 Å². The first kappa shape index (κ1) is 12.4. The molecular formula is C10H21NO2. The average molecular weight is 187 g/mol. The van der Waals surface area contributed by atoms with Gasteiger partial charge in [0.2, 0.25) is 0 Å². The highest BCUT2D eigenvalue weighted by Crippen LogP contribution is 2.11. The van der Waals surface area contributed by atoms with Crippen molar-refractivity contribution >= 4 is 5.97 Å². The minimum absolute atomic E-state index is 0.0416. The summed E-state index contributed by atoms with van der Waals surface area (Å²) < 4.78 is 4.74. The normalized spacial score (nSPS) is 13.0. The van der Waals surface area contributed by atoms with Gasteiger partial charge in [-0.25, -0.2) is 0 Å². The first-order valence-corrected chi connectivity index (χ1v) is 4.84. The molecule has 0 heterocycles. The molecule has 0 spiro atoms. The van der Waals surface area contributed by atoms with Gasteiger partial charge in [0.05, 0.1) is 13.0 Å². The number of carbonyl (C=O) groups is 1. The second kappa shape index (κ2) is 6.89. The van der Waals surface area contributed by atoms with Crippen LogP contribution in [-0.4, -0.2) is 38.6 Å². The van der Waals surface area contributed by atoms with E-state index < -0.39 is 0 Å². The first-order valence-electron chi connectivity index (χ1n) is 4.84. The van der Waals surface area contributed by atoms with Crippen LogP contribution in [0.4, 0.5) is 0 Å². The van der Waals surface area contributed by atoms with Crippen LogP contribution in [0, 0.1) is 5.92 Å². The van der Waals surface area contributed by atoms with E-state index in [9.17, 15) is 4.79 Å². The van der Waals surface area contributed by atoms with Gasteiger partial charge in [0.25, 0.3) is 0 Å². The van der Waals surface area contributed by atoms with Crippen LogP contribution >= 0.6 is 0 Å². The highest BCUT2D eigenvalue weighted by atomic mass is 16.5. The third kappa shape index (κ3) is 5.64. The summed E-state index contributed by atoms with van der Waals surface area (Å²) in [6.07, 6.45) is 3.15. The Bertz CT molecular complexity index is 146. The molecule has 0 aliphatic rings. The highest BCUT2D eigenvalue weighted by Gasteiger charge is 2.18. The van der Waals surface area contributed by atoms with Crippen LogP contribution in [0.1, 0.15) is 26.2 Å². The number of carbonyl (C=O) groups excluding carboxylic acids is 1. The lowest BCUT2D eigenvalue weighted by atomic mass is 10.0. The topological polar surface area (TPSA) is 29.5 Å². The van der Waals surface area contributed by atoms with Gasteiger partial charge in [0.15, 0.2) is 0 Å². The van der Waals surface area contributed by atoms with Gasteiger partial charge >= 0.3 is 5.97 Å². The number of esters is 1. The molecule has 0 aliphatic carbocycles. The van der Waals surface area contributed by atoms with E-state index in [4.69, 9.17) is 4.74 Å². The lowest BCUT2D eigenvalue weighted by molar-refractivity contribution is -0.146. The van der Waals surface area contributed by atoms with Crippen molar-refractivity contribution in [1.82, 2.24) is 4.90 Å². The quantitative estimate of drug-likeness (QED) is 0.591. The number of rotatable bonds is 6. The molecule has 78 valence electrons. The molecule has 0 aromatic rings. The molecule has 0 bridgehead atoms. The van der Waals surface area contributed by atoms with Gasteiger partial charge in [0, 0.05) is 6.54 Å². The summed E-state index contributed by atoms with van der Waals surface area (Å²) in [5.74, 6) is -0.0397. The van der Waals surface area contributed by atoms with Crippen LogP contribution in [0.3, 0.4) is 0 Å². The standard InChI is InChI=1S/C10H21NO2/c1-5-6-7-9(8-11(2)3)10(12)13-4/h9H,5-8H2,1-4H3. The minimum atomic E-state index is -0.0813. The number of ether oxygens (including phenoxy) is 1. The predicted octanol–water partition coefficient (Wildman–Crippen LogP) is 1.53. The maximum atomic E-state index is 11.3. The van der Waals surface area contributed by atoms with Crippen molar-refractivity contribution in [3.05, 3.63) is 0 Å². The van der Waals surface area contributed by atoms with E-state index in [0.29, 0.717) is 0 Å². The summed E-state index contributed by atoms with van der Waals surface area (Å²) in [4.78, 5) is 13.3. The van der Waals surface area contributed by atoms with Crippen molar-refractivity contribution in [2.45, 2.75) is 26.2 Å². The number of unbranched alkanes of at least 4 members (excludes halogenated alkanes) is 1. The molecule has 3 heteroatoms. The van der Waals surface area contributed by atoms with Crippen LogP contribution in [0.25, 0.3) is 0 Å². The first-order chi connectivity index (χ1) is 6.11. The number of methoxy groups -OCH3 is 1. The second-order valence-electron chi connectivity index (χ2n) is 3.62. The minimum Gasteiger partial charge on any atom is -0.469 e. The van der Waals surface area contributed by atoms with Crippen molar-refractivity contribution < 1.29 is 9.53 Å². The molecule has 3 nitrogen and oxygen atoms in total. The smallest absolute Gasteiger partial charge is 0.309 e. The third-order valence-corrected chi connectivity index (χ3v) is 2.03. The Balaban J connectivity index is 3.94. The van der Waals surface area contributed by atoms with E-state index in [1.54, 1.807) is 0 Å². The van der Waals surface area contributed by atoms with E-state index in [-0.39, 0.29) is 11.9 Å². The lowest BCUT2D eigenvalue weighted by Crippen LogP contribution is -2.28. The molecule has 0 amide bonds. The van der Waals surface area contributed by atoms with Crippen molar-refractivity contribution in [1.29, 1.82) is 0 Å². The van der Waals surface area contributed by atoms with Crippen molar-refractivity contribution in [2.75, 3.05) is 27.7 Å². The fraction of sp³-hybridized carbons (Fsp3) is 0.900. The van der Waals surface area contributed by atoms with Gasteiger partial charge in [0.1, 0.15) is 0 Å². The zero-order chi connectivity index (χ0) is 10.3. The van der Waals surface area contributed by atoms with E-state index in [1.165, 1.54) is 7.11 Å². The molecule has 1 unspecified atom stereocenters. The maximum Gasteiger partial charge on any atom is 0.309 e. The van der Waals surface area contributed by atoms with Crippen LogP contribution in [0.5, 0.6) is 0 Å². The van der Waals surface area contributed by atoms with Gasteiger partial charge in [-0.05, 0) is 20.5 Å². The Hall–Kier alpha value is -0.570. The molecule has 0 saturated carbocycles. The molecule has 0 N–H and O–H groups in total. The molecule has 0 aliphatic heterocycles. The molecule has 0 aromatic carbocycles. The fourth-order valence-corrected chi connectivity index (χ4v) is 1.34. The molecule has 0 aromatic heterocycles. The van der Waals surface area contributed by atoms with Crippen LogP contribution in [-0.2, 0) is 9.53 Å². The molecule has 0 radical (unpaired) electrons. The largest absolute Gasteiger partial charge is 0.469 e. The fourth-order valence-electron chi connectivity index (χ4n) is 1.34. The predicted molar refractivity (Wildman–Crippen MR) is 53.6 cm³/mol. The van der Waals surface area contributed by atoms with Crippen molar-refractivity contribution in [3.8, 4) is 0 Å².